The van der Waals surface area contributed by atoms with Crippen molar-refractivity contribution >= 4 is 17.3 Å². The first kappa shape index (κ1) is 13.4. The van der Waals surface area contributed by atoms with Crippen LogP contribution in [0.25, 0.3) is 5.57 Å². The molecule has 0 radical (unpaired) electrons. The third-order valence-electron chi connectivity index (χ3n) is 3.86. The number of aliphatic hydroxyl groups excluding tert-OH is 1. The Morgan fingerprint density at radius 3 is 2.71 bits per heavy atom. The maximum atomic E-state index is 12.5. The predicted octanol–water partition coefficient (Wildman–Crippen LogP) is 3.13. The molecule has 0 amide bonds. The monoisotopic (exact) mass is 282 g/mol. The molecule has 4 heteroatoms. The first-order chi connectivity index (χ1) is 10.0. The maximum absolute atomic E-state index is 12.5. The Kier molecular flexibility index (Phi) is 3.01. The fourth-order valence-corrected chi connectivity index (χ4v) is 2.83. The third kappa shape index (κ3) is 2.00. The normalized spacial score (nSPS) is 21.0. The minimum Gasteiger partial charge on any atom is -0.507 e. The molecule has 1 unspecified atom stereocenters. The summed E-state index contributed by atoms with van der Waals surface area (Å²) in [7, 11) is 0. The summed E-state index contributed by atoms with van der Waals surface area (Å²) in [6, 6.07) is 6.24. The van der Waals surface area contributed by atoms with Crippen molar-refractivity contribution in [3.8, 4) is 0 Å². The Labute approximate surface area is 121 Å². The van der Waals surface area contributed by atoms with Gasteiger partial charge < -0.3 is 10.2 Å². The molecule has 1 aromatic carbocycles. The van der Waals surface area contributed by atoms with E-state index in [4.69, 9.17) is 0 Å². The number of carbonyl (C=O) groups excluding carboxylic acids is 1. The number of aromatic carboxylic acids is 1. The van der Waals surface area contributed by atoms with E-state index < -0.39 is 5.97 Å². The van der Waals surface area contributed by atoms with Crippen LogP contribution in [0.15, 0.2) is 53.3 Å². The van der Waals surface area contributed by atoms with Gasteiger partial charge in [-0.25, -0.2) is 4.79 Å². The van der Waals surface area contributed by atoms with Gasteiger partial charge in [-0.1, -0.05) is 37.3 Å². The van der Waals surface area contributed by atoms with Crippen molar-refractivity contribution in [1.82, 2.24) is 0 Å². The number of hydrogen-bond donors (Lipinski definition) is 2. The highest BCUT2D eigenvalue weighted by Gasteiger charge is 2.35. The number of aliphatic hydroxyl groups is 1. The SMILES string of the molecule is CC1C=CC2=C(C1)C(O)=C(c1ccccc1C(=O)O)C2=O. The molecular formula is C17H14O4. The summed E-state index contributed by atoms with van der Waals surface area (Å²) >= 11 is 0. The van der Waals surface area contributed by atoms with E-state index in [1.807, 2.05) is 13.0 Å². The summed E-state index contributed by atoms with van der Waals surface area (Å²) in [4.78, 5) is 23.8. The summed E-state index contributed by atoms with van der Waals surface area (Å²) in [5.41, 5.74) is 1.47. The fraction of sp³-hybridized carbons (Fsp3) is 0.176. The fourth-order valence-electron chi connectivity index (χ4n) is 2.83. The predicted molar refractivity (Wildman–Crippen MR) is 77.9 cm³/mol. The molecule has 0 fully saturated rings. The third-order valence-corrected chi connectivity index (χ3v) is 3.86. The molecule has 21 heavy (non-hydrogen) atoms. The largest absolute Gasteiger partial charge is 0.507 e. The Bertz CT molecular complexity index is 750. The quantitative estimate of drug-likeness (QED) is 0.874. The number of allylic oxidation sites excluding steroid dienone is 5. The van der Waals surface area contributed by atoms with Gasteiger partial charge in [0.05, 0.1) is 11.1 Å². The zero-order chi connectivity index (χ0) is 15.1. The maximum Gasteiger partial charge on any atom is 0.336 e. The van der Waals surface area contributed by atoms with Crippen LogP contribution in [0.3, 0.4) is 0 Å². The van der Waals surface area contributed by atoms with Gasteiger partial charge >= 0.3 is 5.97 Å². The Morgan fingerprint density at radius 2 is 2.00 bits per heavy atom. The van der Waals surface area contributed by atoms with Gasteiger partial charge in [0.25, 0.3) is 0 Å². The lowest BCUT2D eigenvalue weighted by molar-refractivity contribution is -0.110. The van der Waals surface area contributed by atoms with Crippen LogP contribution in [0.1, 0.15) is 29.3 Å². The average Bonchev–Trinajstić information content (AvgIpc) is 2.70. The van der Waals surface area contributed by atoms with Gasteiger partial charge in [0, 0.05) is 16.7 Å². The first-order valence-corrected chi connectivity index (χ1v) is 6.73. The number of carboxylic acids is 1. The number of carbonyl (C=O) groups is 2. The van der Waals surface area contributed by atoms with E-state index in [0.717, 1.165) is 0 Å². The van der Waals surface area contributed by atoms with E-state index in [1.54, 1.807) is 24.3 Å². The molecule has 1 aromatic rings. The van der Waals surface area contributed by atoms with E-state index in [2.05, 4.69) is 0 Å². The average molecular weight is 282 g/mol. The van der Waals surface area contributed by atoms with Crippen molar-refractivity contribution in [1.29, 1.82) is 0 Å². The van der Waals surface area contributed by atoms with Crippen LogP contribution in [0, 0.1) is 5.92 Å². The van der Waals surface area contributed by atoms with E-state index in [0.29, 0.717) is 17.6 Å². The highest BCUT2D eigenvalue weighted by Crippen LogP contribution is 2.41. The lowest BCUT2D eigenvalue weighted by atomic mass is 9.91. The standard InChI is InChI=1S/C17H14O4/c1-9-6-7-11-13(8-9)16(19)14(15(11)18)10-4-2-3-5-12(10)17(20)21/h2-7,9,19H,8H2,1H3,(H,20,21). The molecule has 2 N–H and O–H groups in total. The molecule has 0 saturated heterocycles. The molecule has 106 valence electrons. The first-order valence-electron chi connectivity index (χ1n) is 6.73. The van der Waals surface area contributed by atoms with Crippen LogP contribution in [0.5, 0.6) is 0 Å². The number of Topliss-reactive ketones (excluding diaryl/α,β-unsaturated/α-hetero) is 1. The van der Waals surface area contributed by atoms with Crippen molar-refractivity contribution in [2.24, 2.45) is 5.92 Å². The van der Waals surface area contributed by atoms with Gasteiger partial charge in [-0.3, -0.25) is 4.79 Å². The van der Waals surface area contributed by atoms with Gasteiger partial charge in [0.2, 0.25) is 0 Å². The summed E-state index contributed by atoms with van der Waals surface area (Å²) < 4.78 is 0. The van der Waals surface area contributed by atoms with Crippen LogP contribution >= 0.6 is 0 Å². The molecule has 3 rings (SSSR count). The lowest BCUT2D eigenvalue weighted by Crippen LogP contribution is -2.07. The summed E-state index contributed by atoms with van der Waals surface area (Å²) in [5, 5.41) is 19.7. The zero-order valence-electron chi connectivity index (χ0n) is 11.5. The Morgan fingerprint density at radius 1 is 1.29 bits per heavy atom. The second-order valence-corrected chi connectivity index (χ2v) is 5.34. The topological polar surface area (TPSA) is 74.6 Å². The van der Waals surface area contributed by atoms with Gasteiger partial charge in [0.15, 0.2) is 5.78 Å². The molecule has 0 bridgehead atoms. The van der Waals surface area contributed by atoms with Crippen molar-refractivity contribution in [3.05, 3.63) is 64.4 Å². The number of benzene rings is 1. The van der Waals surface area contributed by atoms with E-state index in [9.17, 15) is 19.8 Å². The Hall–Kier alpha value is -2.62. The van der Waals surface area contributed by atoms with E-state index in [1.165, 1.54) is 6.07 Å². The highest BCUT2D eigenvalue weighted by molar-refractivity contribution is 6.34. The number of ketones is 1. The highest BCUT2D eigenvalue weighted by atomic mass is 16.4. The van der Waals surface area contributed by atoms with Crippen molar-refractivity contribution in [3.63, 3.8) is 0 Å². The minimum absolute atomic E-state index is 0.0178. The van der Waals surface area contributed by atoms with E-state index >= 15 is 0 Å². The van der Waals surface area contributed by atoms with E-state index in [-0.39, 0.29) is 34.2 Å². The summed E-state index contributed by atoms with van der Waals surface area (Å²) in [6.45, 7) is 2.00. The molecule has 0 saturated carbocycles. The molecular weight excluding hydrogens is 268 g/mol. The molecule has 1 atom stereocenters. The van der Waals surface area contributed by atoms with Crippen LogP contribution in [-0.2, 0) is 4.79 Å². The second-order valence-electron chi connectivity index (χ2n) is 5.34. The van der Waals surface area contributed by atoms with Crippen LogP contribution in [0.4, 0.5) is 0 Å². The Balaban J connectivity index is 2.16. The van der Waals surface area contributed by atoms with Crippen molar-refractivity contribution in [2.45, 2.75) is 13.3 Å². The molecule has 0 aromatic heterocycles. The van der Waals surface area contributed by atoms with Gasteiger partial charge in [-0.2, -0.15) is 0 Å². The molecule has 4 nitrogen and oxygen atoms in total. The van der Waals surface area contributed by atoms with Crippen LogP contribution in [-0.4, -0.2) is 22.0 Å². The second kappa shape index (κ2) is 4.74. The van der Waals surface area contributed by atoms with Gasteiger partial charge in [0.1, 0.15) is 5.76 Å². The smallest absolute Gasteiger partial charge is 0.336 e. The zero-order valence-corrected chi connectivity index (χ0v) is 11.5. The number of rotatable bonds is 2. The van der Waals surface area contributed by atoms with Crippen LogP contribution in [0.2, 0.25) is 0 Å². The van der Waals surface area contributed by atoms with Gasteiger partial charge in [-0.05, 0) is 18.4 Å². The minimum atomic E-state index is -1.12. The van der Waals surface area contributed by atoms with Gasteiger partial charge in [-0.15, -0.1) is 0 Å². The van der Waals surface area contributed by atoms with Crippen LogP contribution < -0.4 is 0 Å². The van der Waals surface area contributed by atoms with Crippen molar-refractivity contribution < 1.29 is 19.8 Å². The summed E-state index contributed by atoms with van der Waals surface area (Å²) in [5.74, 6) is -1.26. The number of carboxylic acid groups (broad SMARTS) is 1. The lowest BCUT2D eigenvalue weighted by Gasteiger charge is -2.13. The molecule has 2 aliphatic rings. The molecule has 0 aliphatic heterocycles. The van der Waals surface area contributed by atoms with Crippen molar-refractivity contribution in [2.75, 3.05) is 0 Å². The molecule has 0 heterocycles. The number of hydrogen-bond acceptors (Lipinski definition) is 3. The molecule has 2 aliphatic carbocycles. The summed E-state index contributed by atoms with van der Waals surface area (Å²) in [6.07, 6.45) is 4.23. The molecule has 0 spiro atoms.